The zero-order chi connectivity index (χ0) is 37.9. The van der Waals surface area contributed by atoms with Gasteiger partial charge in [0.15, 0.2) is 0 Å². The van der Waals surface area contributed by atoms with Gasteiger partial charge in [-0.1, -0.05) is 145 Å². The van der Waals surface area contributed by atoms with E-state index in [1.54, 1.807) is 0 Å². The Morgan fingerprint density at radius 1 is 0.404 bits per heavy atom. The first-order valence-electron chi connectivity index (χ1n) is 19.5. The van der Waals surface area contributed by atoms with Crippen molar-refractivity contribution < 1.29 is 15.4 Å². The quantitative estimate of drug-likeness (QED) is 0.183. The lowest BCUT2D eigenvalue weighted by Crippen LogP contribution is -1.92. The van der Waals surface area contributed by atoms with Gasteiger partial charge >= 0.3 is 0 Å². The van der Waals surface area contributed by atoms with Gasteiger partial charge in [0.1, 0.15) is 11.2 Å². The van der Waals surface area contributed by atoms with Crippen molar-refractivity contribution in [2.45, 2.75) is 0 Å². The van der Waals surface area contributed by atoms with Gasteiger partial charge in [-0.2, -0.15) is 0 Å². The highest BCUT2D eigenvalue weighted by molar-refractivity contribution is 6.26. The first kappa shape index (κ1) is 19.4. The molecule has 1 heteroatoms. The Hall–Kier alpha value is -6.18. The zero-order valence-electron chi connectivity index (χ0n) is 33.0. The summed E-state index contributed by atoms with van der Waals surface area (Å²) < 4.78 is 79.9. The molecule has 218 valence electrons. The number of rotatable bonds is 3. The van der Waals surface area contributed by atoms with Crippen LogP contribution in [0, 0.1) is 0 Å². The summed E-state index contributed by atoms with van der Waals surface area (Å²) >= 11 is 0. The molecule has 0 spiro atoms. The maximum absolute atomic E-state index is 9.48. The molecule has 1 nitrogen and oxygen atoms in total. The number of hydrogen-bond acceptors (Lipinski definition) is 1. The van der Waals surface area contributed by atoms with Crippen LogP contribution in [0.15, 0.2) is 174 Å². The van der Waals surface area contributed by atoms with Crippen molar-refractivity contribution in [3.63, 3.8) is 0 Å². The van der Waals surface area contributed by atoms with Crippen LogP contribution in [0.25, 0.3) is 98.4 Å². The van der Waals surface area contributed by atoms with Crippen LogP contribution in [0.1, 0.15) is 11.0 Å². The third-order valence-corrected chi connectivity index (χ3v) is 9.27. The molecule has 0 bridgehead atoms. The molecule has 0 aliphatic carbocycles. The third kappa shape index (κ3) is 3.97. The van der Waals surface area contributed by atoms with Crippen molar-refractivity contribution in [3.05, 3.63) is 170 Å². The van der Waals surface area contributed by atoms with E-state index >= 15 is 0 Å². The van der Waals surface area contributed by atoms with E-state index < -0.39 is 24.2 Å². The average molecular weight is 605 g/mol. The monoisotopic (exact) mass is 604 g/mol. The average Bonchev–Trinajstić information content (AvgIpc) is 3.61. The van der Waals surface area contributed by atoms with Crippen molar-refractivity contribution in [1.82, 2.24) is 0 Å². The molecule has 0 unspecified atom stereocenters. The Kier molecular flexibility index (Phi) is 4.19. The largest absolute Gasteiger partial charge is 0.455 e. The van der Waals surface area contributed by atoms with Gasteiger partial charge in [-0.3, -0.25) is 0 Å². The minimum Gasteiger partial charge on any atom is -0.455 e. The van der Waals surface area contributed by atoms with Gasteiger partial charge in [0, 0.05) is 16.3 Å². The van der Waals surface area contributed by atoms with Crippen LogP contribution in [0.4, 0.5) is 0 Å². The summed E-state index contributed by atoms with van der Waals surface area (Å²) in [5, 5.41) is 6.09. The SMILES string of the molecule is [2H]c1c([2H])c([2H])c2c(-c3ccc(-c4ccc5ccccc5c4)c4oc5ccccc5c34)c3c([2H])c([2H])c([2H])c([2H])c3c(-c3ccc4ccccc4c3)c2c1[2H]. The van der Waals surface area contributed by atoms with Gasteiger partial charge in [0.05, 0.1) is 11.0 Å². The minimum absolute atomic E-state index is 0.164. The Morgan fingerprint density at radius 2 is 0.915 bits per heavy atom. The van der Waals surface area contributed by atoms with Gasteiger partial charge in [-0.05, 0) is 95.2 Å². The summed E-state index contributed by atoms with van der Waals surface area (Å²) in [6, 6.07) is 36.2. The van der Waals surface area contributed by atoms with E-state index in [1.807, 2.05) is 97.1 Å². The van der Waals surface area contributed by atoms with Gasteiger partial charge < -0.3 is 4.42 Å². The molecule has 0 aliphatic heterocycles. The van der Waals surface area contributed by atoms with Crippen LogP contribution in [0.5, 0.6) is 0 Å². The normalized spacial score (nSPS) is 14.2. The fourth-order valence-electron chi connectivity index (χ4n) is 7.15. The minimum atomic E-state index is -0.440. The Labute approximate surface area is 283 Å². The zero-order valence-corrected chi connectivity index (χ0v) is 25.0. The molecular formula is C46H28O. The van der Waals surface area contributed by atoms with E-state index in [0.29, 0.717) is 33.2 Å². The van der Waals surface area contributed by atoms with Crippen molar-refractivity contribution >= 4 is 65.0 Å². The molecule has 10 rings (SSSR count). The molecule has 0 fully saturated rings. The van der Waals surface area contributed by atoms with Gasteiger partial charge in [-0.25, -0.2) is 0 Å². The predicted octanol–water partition coefficient (Wildman–Crippen LogP) is 13.2. The first-order chi connectivity index (χ1) is 26.6. The van der Waals surface area contributed by atoms with Crippen LogP contribution in [-0.2, 0) is 0 Å². The van der Waals surface area contributed by atoms with Gasteiger partial charge in [0.25, 0.3) is 0 Å². The smallest absolute Gasteiger partial charge is 0.143 e. The lowest BCUT2D eigenvalue weighted by atomic mass is 9.84. The fourth-order valence-corrected chi connectivity index (χ4v) is 7.15. The molecule has 0 radical (unpaired) electrons. The fraction of sp³-hybridized carbons (Fsp3) is 0. The molecular weight excluding hydrogens is 569 g/mol. The molecule has 0 aliphatic rings. The standard InChI is InChI=1S/C46H28O/c1-3-13-31-27-33(23-21-29(31)11-1)35-25-26-41(45-40-19-9-10-20-42(40)47-46(35)45)44-38-17-7-5-15-36(38)43(37-16-6-8-18-39(37)44)34-24-22-30-12-2-4-14-32(30)28-34/h1-28H/i5D,6D,7D,8D,15D,16D,17D,18D. The van der Waals surface area contributed by atoms with Crippen molar-refractivity contribution in [3.8, 4) is 33.4 Å². The lowest BCUT2D eigenvalue weighted by Gasteiger charge is -2.19. The summed E-state index contributed by atoms with van der Waals surface area (Å²) in [6.07, 6.45) is 0. The van der Waals surface area contributed by atoms with E-state index in [2.05, 4.69) is 24.3 Å². The number of benzene rings is 9. The Bertz CT molecular complexity index is 3230. The molecule has 0 amide bonds. The third-order valence-electron chi connectivity index (χ3n) is 9.27. The van der Waals surface area contributed by atoms with Crippen LogP contribution in [0.2, 0.25) is 0 Å². The molecule has 0 saturated carbocycles. The van der Waals surface area contributed by atoms with Crippen molar-refractivity contribution in [2.24, 2.45) is 0 Å². The van der Waals surface area contributed by atoms with E-state index in [0.717, 1.165) is 38.1 Å². The predicted molar refractivity (Wildman–Crippen MR) is 200 cm³/mol. The highest BCUT2D eigenvalue weighted by Gasteiger charge is 2.22. The number of furan rings is 1. The van der Waals surface area contributed by atoms with Crippen LogP contribution in [-0.4, -0.2) is 0 Å². The van der Waals surface area contributed by atoms with Gasteiger partial charge in [0.2, 0.25) is 0 Å². The van der Waals surface area contributed by atoms with Gasteiger partial charge in [-0.15, -0.1) is 0 Å². The molecule has 9 aromatic carbocycles. The summed E-state index contributed by atoms with van der Waals surface area (Å²) in [7, 11) is 0. The van der Waals surface area contributed by atoms with E-state index in [1.165, 1.54) is 0 Å². The topological polar surface area (TPSA) is 13.1 Å². The van der Waals surface area contributed by atoms with E-state index in [4.69, 9.17) is 9.90 Å². The highest BCUT2D eigenvalue weighted by atomic mass is 16.3. The first-order valence-corrected chi connectivity index (χ1v) is 15.5. The van der Waals surface area contributed by atoms with Crippen LogP contribution in [0.3, 0.4) is 0 Å². The second-order valence-electron chi connectivity index (χ2n) is 11.8. The second-order valence-corrected chi connectivity index (χ2v) is 11.8. The Balaban J connectivity index is 1.44. The van der Waals surface area contributed by atoms with Crippen LogP contribution >= 0.6 is 0 Å². The summed E-state index contributed by atoms with van der Waals surface area (Å²) in [5.41, 5.74) is 4.59. The summed E-state index contributed by atoms with van der Waals surface area (Å²) in [5.74, 6) is 0. The number of fused-ring (bicyclic) bond motifs is 7. The molecule has 1 heterocycles. The van der Waals surface area contributed by atoms with Crippen LogP contribution < -0.4 is 0 Å². The molecule has 0 N–H and O–H groups in total. The van der Waals surface area contributed by atoms with E-state index in [9.17, 15) is 5.48 Å². The molecule has 1 aromatic heterocycles. The summed E-state index contributed by atoms with van der Waals surface area (Å²) in [4.78, 5) is 0. The maximum atomic E-state index is 9.48. The van der Waals surface area contributed by atoms with Crippen molar-refractivity contribution in [2.75, 3.05) is 0 Å². The number of hydrogen-bond donors (Lipinski definition) is 0. The Morgan fingerprint density at radius 3 is 1.57 bits per heavy atom. The molecule has 47 heavy (non-hydrogen) atoms. The second kappa shape index (κ2) is 10.2. The van der Waals surface area contributed by atoms with Crippen molar-refractivity contribution in [1.29, 1.82) is 0 Å². The lowest BCUT2D eigenvalue weighted by molar-refractivity contribution is 0.670. The molecule has 0 saturated heterocycles. The van der Waals surface area contributed by atoms with E-state index in [-0.39, 0.29) is 51.3 Å². The number of para-hydroxylation sites is 1. The molecule has 10 aromatic rings. The summed E-state index contributed by atoms with van der Waals surface area (Å²) in [6.45, 7) is 0. The highest BCUT2D eigenvalue weighted by Crippen LogP contribution is 2.48. The molecule has 0 atom stereocenters. The maximum Gasteiger partial charge on any atom is 0.143 e.